The van der Waals surface area contributed by atoms with E-state index in [4.69, 9.17) is 9.47 Å². The van der Waals surface area contributed by atoms with Crippen LogP contribution in [0.1, 0.15) is 43.8 Å². The van der Waals surface area contributed by atoms with Gasteiger partial charge in [-0.05, 0) is 19.3 Å². The molecule has 4 rings (SSSR count). The molecule has 1 spiro atoms. The van der Waals surface area contributed by atoms with Crippen molar-refractivity contribution in [3.8, 4) is 0 Å². The van der Waals surface area contributed by atoms with Crippen molar-refractivity contribution >= 4 is 6.03 Å². The summed E-state index contributed by atoms with van der Waals surface area (Å²) in [6.45, 7) is 2.01. The van der Waals surface area contributed by atoms with Gasteiger partial charge in [-0.15, -0.1) is 5.10 Å². The van der Waals surface area contributed by atoms with Gasteiger partial charge in [0, 0.05) is 13.7 Å². The zero-order chi connectivity index (χ0) is 18.1. The lowest BCUT2D eigenvalue weighted by Crippen LogP contribution is -2.53. The van der Waals surface area contributed by atoms with Gasteiger partial charge in [-0.1, -0.05) is 18.1 Å². The molecule has 3 aliphatic rings. The van der Waals surface area contributed by atoms with E-state index in [9.17, 15) is 9.90 Å². The number of carbonyl (C=O) groups excluding carboxylic acids is 1. The second-order valence-corrected chi connectivity index (χ2v) is 7.49. The van der Waals surface area contributed by atoms with Crippen molar-refractivity contribution in [2.24, 2.45) is 0 Å². The van der Waals surface area contributed by atoms with Crippen molar-refractivity contribution in [3.63, 3.8) is 0 Å². The Balaban J connectivity index is 1.36. The number of carbonyl (C=O) groups is 1. The summed E-state index contributed by atoms with van der Waals surface area (Å²) < 4.78 is 12.6. The molecule has 3 atom stereocenters. The van der Waals surface area contributed by atoms with Gasteiger partial charge in [-0.25, -0.2) is 9.48 Å². The molecular weight excluding hydrogens is 338 g/mol. The second-order valence-electron chi connectivity index (χ2n) is 7.49. The van der Waals surface area contributed by atoms with Gasteiger partial charge < -0.3 is 24.8 Å². The SMILES string of the molecule is CO[C@@H]1COC[C@H]1n1cc(CNC(=O)N2CCC(O)C23CCCC3)nn1. The third-order valence-electron chi connectivity index (χ3n) is 6.12. The van der Waals surface area contributed by atoms with Crippen molar-refractivity contribution in [2.75, 3.05) is 26.9 Å². The molecule has 9 nitrogen and oxygen atoms in total. The number of aliphatic hydroxyl groups excluding tert-OH is 1. The molecule has 1 unspecified atom stereocenters. The molecule has 1 saturated carbocycles. The van der Waals surface area contributed by atoms with Crippen LogP contribution in [0.4, 0.5) is 4.79 Å². The monoisotopic (exact) mass is 365 g/mol. The third-order valence-corrected chi connectivity index (χ3v) is 6.12. The summed E-state index contributed by atoms with van der Waals surface area (Å²) in [6, 6.07) is -0.121. The van der Waals surface area contributed by atoms with Crippen LogP contribution in [0.5, 0.6) is 0 Å². The summed E-state index contributed by atoms with van der Waals surface area (Å²) in [7, 11) is 1.66. The number of likely N-dealkylation sites (tertiary alicyclic amines) is 1. The molecule has 9 heteroatoms. The fourth-order valence-electron chi connectivity index (χ4n) is 4.63. The molecule has 3 fully saturated rings. The normalized spacial score (nSPS) is 30.4. The zero-order valence-electron chi connectivity index (χ0n) is 15.1. The Bertz CT molecular complexity index is 645. The van der Waals surface area contributed by atoms with Crippen LogP contribution < -0.4 is 5.32 Å². The Morgan fingerprint density at radius 1 is 1.46 bits per heavy atom. The van der Waals surface area contributed by atoms with Crippen molar-refractivity contribution in [1.82, 2.24) is 25.2 Å². The van der Waals surface area contributed by atoms with E-state index in [2.05, 4.69) is 15.6 Å². The first kappa shape index (κ1) is 17.7. The van der Waals surface area contributed by atoms with Crippen LogP contribution in [0, 0.1) is 0 Å². The van der Waals surface area contributed by atoms with E-state index < -0.39 is 6.10 Å². The third kappa shape index (κ3) is 2.97. The molecule has 2 N–H and O–H groups in total. The molecular formula is C17H27N5O4. The van der Waals surface area contributed by atoms with E-state index in [1.165, 1.54) is 0 Å². The van der Waals surface area contributed by atoms with Crippen LogP contribution >= 0.6 is 0 Å². The lowest BCUT2D eigenvalue weighted by atomic mass is 9.91. The van der Waals surface area contributed by atoms with Crippen molar-refractivity contribution in [1.29, 1.82) is 0 Å². The van der Waals surface area contributed by atoms with Crippen LogP contribution in [0.25, 0.3) is 0 Å². The minimum atomic E-state index is -0.412. The number of amides is 2. The summed E-state index contributed by atoms with van der Waals surface area (Å²) in [5.74, 6) is 0. The molecule has 0 bridgehead atoms. The molecule has 2 amide bonds. The number of ether oxygens (including phenoxy) is 2. The number of rotatable bonds is 4. The molecule has 2 saturated heterocycles. The molecule has 0 radical (unpaired) electrons. The lowest BCUT2D eigenvalue weighted by molar-refractivity contribution is 0.0487. The minimum absolute atomic E-state index is 0.00689. The summed E-state index contributed by atoms with van der Waals surface area (Å²) in [5, 5.41) is 21.6. The van der Waals surface area contributed by atoms with Gasteiger partial charge >= 0.3 is 6.03 Å². The first-order valence-corrected chi connectivity index (χ1v) is 9.39. The van der Waals surface area contributed by atoms with E-state index in [1.54, 1.807) is 11.8 Å². The maximum atomic E-state index is 12.7. The van der Waals surface area contributed by atoms with Gasteiger partial charge in [0.25, 0.3) is 0 Å². The average Bonchev–Trinajstić information content (AvgIpc) is 3.42. The van der Waals surface area contributed by atoms with Gasteiger partial charge in [0.15, 0.2) is 0 Å². The lowest BCUT2D eigenvalue weighted by Gasteiger charge is -2.37. The van der Waals surface area contributed by atoms with Gasteiger partial charge in [0.1, 0.15) is 17.8 Å². The van der Waals surface area contributed by atoms with Crippen molar-refractivity contribution in [3.05, 3.63) is 11.9 Å². The largest absolute Gasteiger partial charge is 0.391 e. The Morgan fingerprint density at radius 2 is 2.27 bits per heavy atom. The fourth-order valence-corrected chi connectivity index (χ4v) is 4.63. The van der Waals surface area contributed by atoms with Crippen molar-refractivity contribution in [2.45, 2.75) is 62.4 Å². The number of nitrogens with one attached hydrogen (secondary N) is 1. The maximum Gasteiger partial charge on any atom is 0.318 e. The maximum absolute atomic E-state index is 12.7. The summed E-state index contributed by atoms with van der Waals surface area (Å²) in [6.07, 6.45) is 5.95. The Hall–Kier alpha value is -1.71. The minimum Gasteiger partial charge on any atom is -0.391 e. The van der Waals surface area contributed by atoms with Crippen LogP contribution in [0.2, 0.25) is 0 Å². The number of nitrogens with zero attached hydrogens (tertiary/aromatic N) is 4. The number of hydrogen-bond acceptors (Lipinski definition) is 6. The first-order valence-electron chi connectivity index (χ1n) is 9.39. The quantitative estimate of drug-likeness (QED) is 0.803. The molecule has 2 aliphatic heterocycles. The van der Waals surface area contributed by atoms with Crippen LogP contribution in [-0.2, 0) is 16.0 Å². The second kappa shape index (κ2) is 7.13. The van der Waals surface area contributed by atoms with Crippen LogP contribution in [0.15, 0.2) is 6.20 Å². The Kier molecular flexibility index (Phi) is 4.85. The topological polar surface area (TPSA) is 102 Å². The highest BCUT2D eigenvalue weighted by Crippen LogP contribution is 2.43. The van der Waals surface area contributed by atoms with Gasteiger partial charge in [-0.2, -0.15) is 0 Å². The molecule has 3 heterocycles. The molecule has 1 aliphatic carbocycles. The Morgan fingerprint density at radius 3 is 3.04 bits per heavy atom. The number of aliphatic hydroxyl groups is 1. The molecule has 1 aromatic heterocycles. The van der Waals surface area contributed by atoms with E-state index >= 15 is 0 Å². The van der Waals surface area contributed by atoms with E-state index in [-0.39, 0.29) is 23.7 Å². The highest BCUT2D eigenvalue weighted by atomic mass is 16.5. The predicted molar refractivity (Wildman–Crippen MR) is 91.4 cm³/mol. The molecule has 144 valence electrons. The van der Waals surface area contributed by atoms with Gasteiger partial charge in [-0.3, -0.25) is 0 Å². The standard InChI is InChI=1S/C17H27N5O4/c1-25-14-11-26-10-13(14)22-9-12(19-20-22)8-18-16(24)21-7-4-15(23)17(21)5-2-3-6-17/h9,13-15,23H,2-8,10-11H2,1H3,(H,18,24)/t13-,14-,15?/m1/s1. The predicted octanol–water partition coefficient (Wildman–Crippen LogP) is 0.453. The summed E-state index contributed by atoms with van der Waals surface area (Å²) in [4.78, 5) is 14.5. The highest BCUT2D eigenvalue weighted by Gasteiger charge is 2.51. The number of urea groups is 1. The highest BCUT2D eigenvalue weighted by molar-refractivity contribution is 5.75. The number of aromatic nitrogens is 3. The average molecular weight is 365 g/mol. The van der Waals surface area contributed by atoms with Gasteiger partial charge in [0.05, 0.1) is 37.6 Å². The van der Waals surface area contributed by atoms with Gasteiger partial charge in [0.2, 0.25) is 0 Å². The van der Waals surface area contributed by atoms with E-state index in [0.717, 1.165) is 25.7 Å². The number of methoxy groups -OCH3 is 1. The molecule has 1 aromatic rings. The zero-order valence-corrected chi connectivity index (χ0v) is 15.1. The summed E-state index contributed by atoms with van der Waals surface area (Å²) >= 11 is 0. The number of hydrogen-bond donors (Lipinski definition) is 2. The summed E-state index contributed by atoms with van der Waals surface area (Å²) in [5.41, 5.74) is 0.328. The van der Waals surface area contributed by atoms with Crippen molar-refractivity contribution < 1.29 is 19.4 Å². The first-order chi connectivity index (χ1) is 12.6. The molecule has 26 heavy (non-hydrogen) atoms. The Labute approximate surface area is 152 Å². The fraction of sp³-hybridized carbons (Fsp3) is 0.824. The van der Waals surface area contributed by atoms with Crippen LogP contribution in [-0.4, -0.2) is 75.6 Å². The van der Waals surface area contributed by atoms with E-state index in [1.807, 2.05) is 11.1 Å². The smallest absolute Gasteiger partial charge is 0.318 e. The van der Waals surface area contributed by atoms with Crippen LogP contribution in [0.3, 0.4) is 0 Å². The van der Waals surface area contributed by atoms with E-state index in [0.29, 0.717) is 38.4 Å². The molecule has 0 aromatic carbocycles.